The Hall–Kier alpha value is -0.900. The first-order valence-corrected chi connectivity index (χ1v) is 31.2. The Morgan fingerprint density at radius 2 is 1.14 bits per heavy atom. The number of rotatable bonds is 17. The summed E-state index contributed by atoms with van der Waals surface area (Å²) in [5.41, 5.74) is -3.37. The average molecular weight is 1280 g/mol. The second kappa shape index (κ2) is 27.4. The van der Waals surface area contributed by atoms with Crippen LogP contribution < -0.4 is 29.6 Å². The van der Waals surface area contributed by atoms with E-state index in [2.05, 4.69) is 13.0 Å². The van der Waals surface area contributed by atoms with Crippen LogP contribution in [-0.4, -0.2) is 265 Å². The number of ether oxygens (including phenoxy) is 11. The molecule has 33 atom stereocenters. The molecule has 87 heavy (non-hydrogen) atoms. The minimum absolute atomic E-state index is 0. The number of fused-ring (bicyclic) bond motifs is 5. The van der Waals surface area contributed by atoms with Crippen LogP contribution in [0.1, 0.15) is 107 Å². The maximum atomic E-state index is 13.7. The van der Waals surface area contributed by atoms with Gasteiger partial charge < -0.3 is 118 Å². The molecule has 3 saturated carbocycles. The summed E-state index contributed by atoms with van der Waals surface area (Å²) >= 11 is 0. The molecule has 9 rings (SSSR count). The van der Waals surface area contributed by atoms with Gasteiger partial charge in [0.15, 0.2) is 37.2 Å². The SMILES string of the molecule is CO[C@@H]1[C@@H](O)[C@H](O[C@H]2[C@H](O[C@@H]3[C@@H](O)[C@H](O[C@H]4C[C@@H]5C(=CC[C@@]6(C)[C@H]5CC[C@@H]6[C@@](C)(O)C(=O)/C=C/C(C)(C)O)[C@@]5(C)CC[C@H](OS(=O)(=O)[O-])CC45)O[C@H](C)[C@H]3O)OC[C@@H](O[C@@H]3O[C@H](C)[C@@H](O)[C@H](O)[C@H]3O[C@@H]3O[C@H](C)[C@H](O)[C@H](O)[C@H]3O)[C@@H]2O)O[C@H](C)[C@H]1O.[Na+]. The van der Waals surface area contributed by atoms with Gasteiger partial charge in [-0.3, -0.25) is 8.98 Å². The van der Waals surface area contributed by atoms with E-state index in [1.165, 1.54) is 67.7 Å². The van der Waals surface area contributed by atoms with Crippen LogP contribution in [-0.2, 0) is 71.5 Å². The Kier molecular flexibility index (Phi) is 22.7. The van der Waals surface area contributed by atoms with Crippen molar-refractivity contribution in [1.82, 2.24) is 0 Å². The third kappa shape index (κ3) is 14.4. The number of hydrogen-bond donors (Lipinski definition) is 12. The molecule has 0 spiro atoms. The number of carbonyl (C=O) groups excluding carboxylic acids is 1. The normalized spacial score (nSPS) is 50.4. The number of hydrogen-bond acceptors (Lipinski definition) is 28. The van der Waals surface area contributed by atoms with E-state index in [0.29, 0.717) is 25.7 Å². The fourth-order valence-corrected chi connectivity index (χ4v) is 15.9. The molecule has 0 bridgehead atoms. The number of aliphatic hydroxyl groups excluding tert-OH is 10. The Morgan fingerprint density at radius 3 is 1.74 bits per heavy atom. The molecule has 8 fully saturated rings. The van der Waals surface area contributed by atoms with Crippen molar-refractivity contribution in [1.29, 1.82) is 0 Å². The van der Waals surface area contributed by atoms with Crippen molar-refractivity contribution in [3.05, 3.63) is 23.8 Å². The maximum absolute atomic E-state index is 13.7. The molecule has 5 saturated heterocycles. The number of aliphatic hydroxyl groups is 12. The predicted molar refractivity (Wildman–Crippen MR) is 289 cm³/mol. The van der Waals surface area contributed by atoms with Crippen LogP contribution in [0.25, 0.3) is 0 Å². The molecule has 0 amide bonds. The quantitative estimate of drug-likeness (QED) is 0.0213. The molecule has 0 radical (unpaired) electrons. The molecular formula is C57H91NaO28S. The van der Waals surface area contributed by atoms with Crippen molar-refractivity contribution in [2.75, 3.05) is 13.7 Å². The van der Waals surface area contributed by atoms with Crippen molar-refractivity contribution < 1.29 is 165 Å². The first kappa shape index (κ1) is 71.9. The molecular weight excluding hydrogens is 1190 g/mol. The van der Waals surface area contributed by atoms with E-state index in [-0.39, 0.29) is 60.7 Å². The van der Waals surface area contributed by atoms with E-state index in [9.17, 15) is 79.0 Å². The molecule has 1 unspecified atom stereocenters. The van der Waals surface area contributed by atoms with Gasteiger partial charge in [-0.1, -0.05) is 31.6 Å². The van der Waals surface area contributed by atoms with Crippen LogP contribution in [0.4, 0.5) is 0 Å². The van der Waals surface area contributed by atoms with Crippen LogP contribution >= 0.6 is 0 Å². The van der Waals surface area contributed by atoms with Gasteiger partial charge in [0.1, 0.15) is 97.2 Å². The number of methoxy groups -OCH3 is 1. The summed E-state index contributed by atoms with van der Waals surface area (Å²) in [6.45, 7) is 13.8. The standard InChI is InChI=1S/C57H92O28S.Na/c1-22-35(59)40(64)42(66)49(76-22)84-48-41(65)36(60)23(2)79-53(48)81-32-21-75-52(47(39(32)63)83-51-43(67)45(74-10)37(61)24(3)78-51)82-46-38(62)25(4)77-50(44(46)68)80-31-20-27-28-11-12-33(57(9,70)34(58)15-16-54(5,6)69)56(28,8)18-14-29(27)55(7)17-13-26(19-30(31)55)85-86(71,72)73;/h14-16,22-28,30-33,35-53,59-70H,11-13,17-21H2,1-10H3,(H,71,72,73);/q;+1/p-1/b16-15+;/t22-,23-,24-,25-,26+,27+,28+,30?,31+,32-,33+,35+,36-,37-,38-,39+,40+,41+,42-,43-,44-,45+,46+,47-,48-,49+,50+,51+,52+,53+,55-,56+,57-;/m1./s1. The fraction of sp³-hybridized carbons (Fsp3) is 0.912. The Bertz CT molecular complexity index is 2520. The second-order valence-corrected chi connectivity index (χ2v) is 27.7. The molecule has 0 aromatic carbocycles. The minimum atomic E-state index is -5.15. The van der Waals surface area contributed by atoms with Crippen LogP contribution in [0.5, 0.6) is 0 Å². The molecule has 28 nitrogen and oxygen atoms in total. The van der Waals surface area contributed by atoms with Gasteiger partial charge in [0.25, 0.3) is 0 Å². The first-order valence-electron chi connectivity index (χ1n) is 29.9. The van der Waals surface area contributed by atoms with E-state index >= 15 is 0 Å². The van der Waals surface area contributed by atoms with E-state index in [1.807, 2.05) is 6.92 Å². The molecule has 4 aliphatic carbocycles. The smallest absolute Gasteiger partial charge is 0.726 e. The third-order valence-corrected chi connectivity index (χ3v) is 20.9. The van der Waals surface area contributed by atoms with Crippen LogP contribution in [0.15, 0.2) is 23.8 Å². The van der Waals surface area contributed by atoms with Crippen molar-refractivity contribution >= 4 is 16.2 Å². The molecule has 30 heteroatoms. The number of carbonyl (C=O) groups is 1. The van der Waals surface area contributed by atoms with Gasteiger partial charge in [-0.2, -0.15) is 0 Å². The van der Waals surface area contributed by atoms with Crippen LogP contribution in [0.3, 0.4) is 0 Å². The summed E-state index contributed by atoms with van der Waals surface area (Å²) in [4.78, 5) is 13.7. The third-order valence-electron chi connectivity index (χ3n) is 20.4. The van der Waals surface area contributed by atoms with E-state index in [4.69, 9.17) is 56.3 Å². The van der Waals surface area contributed by atoms with Crippen molar-refractivity contribution in [2.24, 2.45) is 34.5 Å². The van der Waals surface area contributed by atoms with E-state index in [1.54, 1.807) is 0 Å². The van der Waals surface area contributed by atoms with E-state index in [0.717, 1.165) is 5.57 Å². The van der Waals surface area contributed by atoms with Gasteiger partial charge in [0.05, 0.1) is 48.8 Å². The molecule has 5 aliphatic heterocycles. The maximum Gasteiger partial charge on any atom is 1.00 e. The van der Waals surface area contributed by atoms with Gasteiger partial charge in [0, 0.05) is 13.0 Å². The zero-order valence-corrected chi connectivity index (χ0v) is 53.8. The zero-order valence-electron chi connectivity index (χ0n) is 51.0. The van der Waals surface area contributed by atoms with Gasteiger partial charge in [-0.25, -0.2) is 8.42 Å². The monoisotopic (exact) mass is 1280 g/mol. The molecule has 9 aliphatic rings. The second-order valence-electron chi connectivity index (χ2n) is 26.7. The molecule has 5 heterocycles. The Morgan fingerprint density at radius 1 is 0.621 bits per heavy atom. The summed E-state index contributed by atoms with van der Waals surface area (Å²) in [6.07, 6.45) is -32.8. The number of allylic oxidation sites excluding steroid dienone is 2. The summed E-state index contributed by atoms with van der Waals surface area (Å²) in [7, 11) is -3.91. The molecule has 0 aromatic rings. The summed E-state index contributed by atoms with van der Waals surface area (Å²) < 4.78 is 108. The predicted octanol–water partition coefficient (Wildman–Crippen LogP) is -5.44. The van der Waals surface area contributed by atoms with Crippen molar-refractivity contribution in [3.63, 3.8) is 0 Å². The molecule has 12 N–H and O–H groups in total. The van der Waals surface area contributed by atoms with Crippen molar-refractivity contribution in [3.8, 4) is 0 Å². The average Bonchev–Trinajstić information content (AvgIpc) is 1.69. The fourth-order valence-electron chi connectivity index (χ4n) is 15.4. The van der Waals surface area contributed by atoms with Gasteiger partial charge >= 0.3 is 29.6 Å². The van der Waals surface area contributed by atoms with Gasteiger partial charge in [-0.15, -0.1) is 0 Å². The van der Waals surface area contributed by atoms with Crippen LogP contribution in [0, 0.1) is 34.5 Å². The Balaban J connectivity index is 0.00000982. The van der Waals surface area contributed by atoms with E-state index < -0.39 is 216 Å². The van der Waals surface area contributed by atoms with Crippen LogP contribution in [0.2, 0.25) is 0 Å². The topological polar surface area (TPSA) is 428 Å². The summed E-state index contributed by atoms with van der Waals surface area (Å²) in [5, 5.41) is 135. The molecule has 494 valence electrons. The summed E-state index contributed by atoms with van der Waals surface area (Å²) in [6, 6.07) is 0. The molecule has 0 aromatic heterocycles. The Labute approximate surface area is 528 Å². The van der Waals surface area contributed by atoms with Gasteiger partial charge in [-0.05, 0) is 128 Å². The van der Waals surface area contributed by atoms with Gasteiger partial charge in [0.2, 0.25) is 10.4 Å². The van der Waals surface area contributed by atoms with Crippen molar-refractivity contribution in [2.45, 2.75) is 278 Å². The largest absolute Gasteiger partial charge is 1.00 e. The zero-order chi connectivity index (χ0) is 63.2. The first-order chi connectivity index (χ1) is 40.0. The number of ketones is 1. The minimum Gasteiger partial charge on any atom is -0.726 e. The summed E-state index contributed by atoms with van der Waals surface area (Å²) in [5.74, 6) is -1.97.